The summed E-state index contributed by atoms with van der Waals surface area (Å²) in [5.41, 5.74) is 0.839. The lowest BCUT2D eigenvalue weighted by Crippen LogP contribution is -2.25. The number of hydrogen-bond acceptors (Lipinski definition) is 4. The van der Waals surface area contributed by atoms with E-state index in [0.29, 0.717) is 11.5 Å². The van der Waals surface area contributed by atoms with Gasteiger partial charge in [-0.2, -0.15) is 0 Å². The summed E-state index contributed by atoms with van der Waals surface area (Å²) in [5, 5.41) is 19.5. The number of fused-ring (bicyclic) bond motifs is 2. The zero-order valence-corrected chi connectivity index (χ0v) is 11.9. The molecule has 1 aromatic rings. The number of aliphatic carboxylic acids is 1. The highest BCUT2D eigenvalue weighted by Gasteiger charge is 2.49. The van der Waals surface area contributed by atoms with E-state index < -0.39 is 11.9 Å². The van der Waals surface area contributed by atoms with Gasteiger partial charge in [-0.1, -0.05) is 12.2 Å². The van der Waals surface area contributed by atoms with E-state index in [4.69, 9.17) is 9.47 Å². The summed E-state index contributed by atoms with van der Waals surface area (Å²) in [4.78, 5) is 11.6. The third kappa shape index (κ3) is 2.04. The van der Waals surface area contributed by atoms with Gasteiger partial charge in [0.1, 0.15) is 0 Å². The van der Waals surface area contributed by atoms with E-state index in [9.17, 15) is 15.0 Å². The first kappa shape index (κ1) is 13.8. The van der Waals surface area contributed by atoms with Crippen molar-refractivity contribution in [2.75, 3.05) is 14.2 Å². The summed E-state index contributed by atoms with van der Waals surface area (Å²) in [6.45, 7) is 0. The molecule has 0 saturated heterocycles. The molecule has 1 fully saturated rings. The summed E-state index contributed by atoms with van der Waals surface area (Å²) in [6.07, 6.45) is 4.97. The van der Waals surface area contributed by atoms with Crippen LogP contribution in [0.25, 0.3) is 0 Å². The zero-order chi connectivity index (χ0) is 15.1. The van der Waals surface area contributed by atoms with Gasteiger partial charge >= 0.3 is 5.97 Å². The number of phenolic OH excluding ortho intramolecular Hbond substituents is 1. The van der Waals surface area contributed by atoms with Gasteiger partial charge in [-0.25, -0.2) is 0 Å². The van der Waals surface area contributed by atoms with Crippen molar-refractivity contribution < 1.29 is 24.5 Å². The molecule has 2 N–H and O–H groups in total. The Balaban J connectivity index is 2.07. The monoisotopic (exact) mass is 290 g/mol. The van der Waals surface area contributed by atoms with Crippen LogP contribution in [0.15, 0.2) is 24.3 Å². The van der Waals surface area contributed by atoms with Gasteiger partial charge in [0.15, 0.2) is 11.5 Å². The van der Waals surface area contributed by atoms with Crippen LogP contribution in [0.5, 0.6) is 17.2 Å². The Bertz CT molecular complexity index is 582. The predicted octanol–water partition coefficient (Wildman–Crippen LogP) is 2.40. The molecule has 21 heavy (non-hydrogen) atoms. The average molecular weight is 290 g/mol. The van der Waals surface area contributed by atoms with E-state index >= 15 is 0 Å². The van der Waals surface area contributed by atoms with E-state index in [1.807, 2.05) is 6.08 Å². The van der Waals surface area contributed by atoms with Gasteiger partial charge in [0.05, 0.1) is 20.1 Å². The molecular formula is C16H18O5. The Kier molecular flexibility index (Phi) is 3.27. The van der Waals surface area contributed by atoms with Gasteiger partial charge in [0.2, 0.25) is 5.75 Å². The average Bonchev–Trinajstić information content (AvgIpc) is 3.08. The Morgan fingerprint density at radius 1 is 1.14 bits per heavy atom. The second kappa shape index (κ2) is 4.98. The molecule has 0 radical (unpaired) electrons. The van der Waals surface area contributed by atoms with Crippen molar-refractivity contribution in [1.82, 2.24) is 0 Å². The van der Waals surface area contributed by atoms with Crippen LogP contribution in [0.4, 0.5) is 0 Å². The quantitative estimate of drug-likeness (QED) is 0.833. The molecule has 0 spiro atoms. The van der Waals surface area contributed by atoms with Gasteiger partial charge < -0.3 is 19.7 Å². The SMILES string of the molecule is COc1cc(C2C3C=CC(C3)C2C(=O)O)cc(OC)c1O. The van der Waals surface area contributed by atoms with E-state index in [0.717, 1.165) is 12.0 Å². The number of aromatic hydroxyl groups is 1. The number of allylic oxidation sites excluding steroid dienone is 2. The van der Waals surface area contributed by atoms with Gasteiger partial charge in [-0.05, 0) is 36.0 Å². The molecule has 2 aliphatic carbocycles. The first-order valence-corrected chi connectivity index (χ1v) is 6.92. The number of hydrogen-bond donors (Lipinski definition) is 2. The summed E-state index contributed by atoms with van der Waals surface area (Å²) in [5.74, 6) is -0.462. The van der Waals surface area contributed by atoms with Crippen molar-refractivity contribution in [3.63, 3.8) is 0 Å². The molecule has 0 aliphatic heterocycles. The Morgan fingerprint density at radius 3 is 2.24 bits per heavy atom. The maximum absolute atomic E-state index is 11.6. The van der Waals surface area contributed by atoms with Crippen molar-refractivity contribution in [1.29, 1.82) is 0 Å². The lowest BCUT2D eigenvalue weighted by Gasteiger charge is -2.26. The minimum atomic E-state index is -0.775. The van der Waals surface area contributed by atoms with Crippen LogP contribution >= 0.6 is 0 Å². The molecule has 1 aromatic carbocycles. The molecule has 2 bridgehead atoms. The summed E-state index contributed by atoms with van der Waals surface area (Å²) < 4.78 is 10.3. The molecule has 3 rings (SSSR count). The normalized spacial score (nSPS) is 29.6. The highest BCUT2D eigenvalue weighted by molar-refractivity contribution is 5.74. The highest BCUT2D eigenvalue weighted by Crippen LogP contribution is 2.54. The molecule has 112 valence electrons. The number of carboxylic acid groups (broad SMARTS) is 1. The molecule has 5 heteroatoms. The minimum absolute atomic E-state index is 0.0608. The lowest BCUT2D eigenvalue weighted by molar-refractivity contribution is -0.143. The fourth-order valence-electron chi connectivity index (χ4n) is 3.72. The first-order valence-electron chi connectivity index (χ1n) is 6.92. The van der Waals surface area contributed by atoms with Crippen LogP contribution in [0.1, 0.15) is 17.9 Å². The number of methoxy groups -OCH3 is 2. The smallest absolute Gasteiger partial charge is 0.307 e. The highest BCUT2D eigenvalue weighted by atomic mass is 16.5. The Labute approximate surface area is 122 Å². The largest absolute Gasteiger partial charge is 0.502 e. The molecule has 2 aliphatic rings. The summed E-state index contributed by atoms with van der Waals surface area (Å²) >= 11 is 0. The molecule has 0 aromatic heterocycles. The van der Waals surface area contributed by atoms with Crippen LogP contribution in [0, 0.1) is 17.8 Å². The van der Waals surface area contributed by atoms with Gasteiger partial charge in [0, 0.05) is 5.92 Å². The zero-order valence-electron chi connectivity index (χ0n) is 11.9. The maximum atomic E-state index is 11.6. The number of carbonyl (C=O) groups is 1. The molecule has 5 nitrogen and oxygen atoms in total. The number of carboxylic acids is 1. The Hall–Kier alpha value is -2.17. The molecule has 0 heterocycles. The van der Waals surface area contributed by atoms with E-state index in [-0.39, 0.29) is 23.5 Å². The van der Waals surface area contributed by atoms with Crippen molar-refractivity contribution >= 4 is 5.97 Å². The Morgan fingerprint density at radius 2 is 1.71 bits per heavy atom. The predicted molar refractivity (Wildman–Crippen MR) is 75.8 cm³/mol. The molecule has 4 atom stereocenters. The number of phenols is 1. The molecular weight excluding hydrogens is 272 g/mol. The summed E-state index contributed by atoms with van der Waals surface area (Å²) in [7, 11) is 2.93. The third-order valence-electron chi connectivity index (χ3n) is 4.63. The van der Waals surface area contributed by atoms with Crippen LogP contribution in [0.3, 0.4) is 0 Å². The molecule has 1 saturated carbocycles. The number of benzene rings is 1. The first-order chi connectivity index (χ1) is 10.1. The van der Waals surface area contributed by atoms with Crippen molar-refractivity contribution in [2.24, 2.45) is 17.8 Å². The summed E-state index contributed by atoms with van der Waals surface area (Å²) in [6, 6.07) is 3.43. The van der Waals surface area contributed by atoms with Crippen LogP contribution in [-0.2, 0) is 4.79 Å². The van der Waals surface area contributed by atoms with Crippen LogP contribution in [-0.4, -0.2) is 30.4 Å². The number of ether oxygens (including phenoxy) is 2. The second-order valence-electron chi connectivity index (χ2n) is 5.61. The topological polar surface area (TPSA) is 76.0 Å². The molecule has 0 amide bonds. The van der Waals surface area contributed by atoms with Crippen LogP contribution in [0.2, 0.25) is 0 Å². The standard InChI is InChI=1S/C16H18O5/c1-20-11-6-10(7-12(21-2)15(11)17)13-8-3-4-9(5-8)14(13)16(18)19/h3-4,6-9,13-14,17H,5H2,1-2H3,(H,18,19). The van der Waals surface area contributed by atoms with E-state index in [1.165, 1.54) is 14.2 Å². The molecule has 4 unspecified atom stereocenters. The van der Waals surface area contributed by atoms with Gasteiger partial charge in [-0.3, -0.25) is 4.79 Å². The fourth-order valence-corrected chi connectivity index (χ4v) is 3.72. The lowest BCUT2D eigenvalue weighted by atomic mass is 9.78. The third-order valence-corrected chi connectivity index (χ3v) is 4.63. The van der Waals surface area contributed by atoms with Crippen molar-refractivity contribution in [3.05, 3.63) is 29.8 Å². The van der Waals surface area contributed by atoms with Crippen molar-refractivity contribution in [3.8, 4) is 17.2 Å². The fraction of sp³-hybridized carbons (Fsp3) is 0.438. The second-order valence-corrected chi connectivity index (χ2v) is 5.61. The minimum Gasteiger partial charge on any atom is -0.502 e. The van der Waals surface area contributed by atoms with Gasteiger partial charge in [-0.15, -0.1) is 0 Å². The van der Waals surface area contributed by atoms with Gasteiger partial charge in [0.25, 0.3) is 0 Å². The maximum Gasteiger partial charge on any atom is 0.307 e. The van der Waals surface area contributed by atoms with E-state index in [1.54, 1.807) is 12.1 Å². The number of rotatable bonds is 4. The van der Waals surface area contributed by atoms with E-state index in [2.05, 4.69) is 6.08 Å². The van der Waals surface area contributed by atoms with Crippen LogP contribution < -0.4 is 9.47 Å². The van der Waals surface area contributed by atoms with Crippen molar-refractivity contribution in [2.45, 2.75) is 12.3 Å².